The summed E-state index contributed by atoms with van der Waals surface area (Å²) in [4.78, 5) is 14.7. The quantitative estimate of drug-likeness (QED) is 0.639. The molecule has 0 atom stereocenters. The molecule has 1 aromatic carbocycles. The molecule has 1 aliphatic rings. The molecular weight excluding hydrogens is 360 g/mol. The number of benzene rings is 1. The minimum absolute atomic E-state index is 0.181. The van der Waals surface area contributed by atoms with Crippen molar-refractivity contribution in [3.63, 3.8) is 0 Å². The summed E-state index contributed by atoms with van der Waals surface area (Å²) in [5.41, 5.74) is 1.01. The molecule has 0 bridgehead atoms. The first-order valence-electron chi connectivity index (χ1n) is 10.4. The smallest absolute Gasteiger partial charge is 0.243 e. The monoisotopic (exact) mass is 394 g/mol. The van der Waals surface area contributed by atoms with Crippen LogP contribution < -0.4 is 0 Å². The molecule has 152 valence electrons. The van der Waals surface area contributed by atoms with Gasteiger partial charge in [0.15, 0.2) is 0 Å². The molecular formula is C21H34N2O3S. The average molecular weight is 395 g/mol. The lowest BCUT2D eigenvalue weighted by Crippen LogP contribution is -2.32. The molecule has 0 N–H and O–H groups in total. The summed E-state index contributed by atoms with van der Waals surface area (Å²) in [6.45, 7) is 7.00. The second kappa shape index (κ2) is 10.8. The standard InChI is InChI=1S/C21H34N2O3S/c1-3-15-22(16-4-2)21(24)14-11-19-9-12-20(13-10-19)27(25,26)23-17-7-5-6-8-18-23/h9-10,12-13H,3-8,11,14-18H2,1-2H3. The van der Waals surface area contributed by atoms with Gasteiger partial charge in [0.2, 0.25) is 15.9 Å². The number of hydrogen-bond acceptors (Lipinski definition) is 3. The van der Waals surface area contributed by atoms with Gasteiger partial charge in [0.05, 0.1) is 4.90 Å². The Hall–Kier alpha value is -1.40. The minimum Gasteiger partial charge on any atom is -0.343 e. The summed E-state index contributed by atoms with van der Waals surface area (Å²) in [6, 6.07) is 7.08. The van der Waals surface area contributed by atoms with Crippen molar-refractivity contribution < 1.29 is 13.2 Å². The van der Waals surface area contributed by atoms with E-state index in [1.54, 1.807) is 16.4 Å². The third-order valence-electron chi connectivity index (χ3n) is 5.09. The number of carbonyl (C=O) groups is 1. The molecule has 1 saturated heterocycles. The van der Waals surface area contributed by atoms with E-state index in [-0.39, 0.29) is 5.91 Å². The predicted octanol–water partition coefficient (Wildman–Crippen LogP) is 3.83. The number of hydrogen-bond donors (Lipinski definition) is 0. The Balaban J connectivity index is 1.97. The second-order valence-corrected chi connectivity index (χ2v) is 9.28. The fraction of sp³-hybridized carbons (Fsp3) is 0.667. The van der Waals surface area contributed by atoms with E-state index < -0.39 is 10.0 Å². The third-order valence-corrected chi connectivity index (χ3v) is 7.01. The summed E-state index contributed by atoms with van der Waals surface area (Å²) in [7, 11) is -3.40. The number of nitrogens with zero attached hydrogens (tertiary/aromatic N) is 2. The van der Waals surface area contributed by atoms with Gasteiger partial charge in [-0.15, -0.1) is 0 Å². The topological polar surface area (TPSA) is 57.7 Å². The van der Waals surface area contributed by atoms with Gasteiger partial charge in [-0.1, -0.05) is 38.8 Å². The van der Waals surface area contributed by atoms with Crippen LogP contribution in [0.4, 0.5) is 0 Å². The van der Waals surface area contributed by atoms with Crippen molar-refractivity contribution in [3.05, 3.63) is 29.8 Å². The van der Waals surface area contributed by atoms with Crippen LogP contribution in [-0.4, -0.2) is 49.7 Å². The predicted molar refractivity (Wildman–Crippen MR) is 109 cm³/mol. The molecule has 1 amide bonds. The number of rotatable bonds is 9. The highest BCUT2D eigenvalue weighted by Crippen LogP contribution is 2.21. The lowest BCUT2D eigenvalue weighted by atomic mass is 10.1. The molecule has 1 heterocycles. The van der Waals surface area contributed by atoms with Crippen molar-refractivity contribution in [2.24, 2.45) is 0 Å². The van der Waals surface area contributed by atoms with Crippen molar-refractivity contribution in [2.75, 3.05) is 26.2 Å². The van der Waals surface area contributed by atoms with E-state index in [2.05, 4.69) is 13.8 Å². The van der Waals surface area contributed by atoms with E-state index in [0.717, 1.165) is 57.2 Å². The Bertz CT molecular complexity index is 672. The van der Waals surface area contributed by atoms with Crippen LogP contribution in [0.5, 0.6) is 0 Å². The molecule has 1 fully saturated rings. The van der Waals surface area contributed by atoms with Crippen LogP contribution in [0.2, 0.25) is 0 Å². The molecule has 2 rings (SSSR count). The molecule has 1 aliphatic heterocycles. The minimum atomic E-state index is -3.40. The van der Waals surface area contributed by atoms with Gasteiger partial charge >= 0.3 is 0 Å². The fourth-order valence-corrected chi connectivity index (χ4v) is 5.09. The maximum atomic E-state index is 12.8. The molecule has 0 radical (unpaired) electrons. The zero-order valence-electron chi connectivity index (χ0n) is 16.8. The number of sulfonamides is 1. The van der Waals surface area contributed by atoms with Crippen LogP contribution >= 0.6 is 0 Å². The molecule has 6 heteroatoms. The highest BCUT2D eigenvalue weighted by atomic mass is 32.2. The Morgan fingerprint density at radius 2 is 1.52 bits per heavy atom. The van der Waals surface area contributed by atoms with Crippen LogP contribution in [-0.2, 0) is 21.2 Å². The van der Waals surface area contributed by atoms with E-state index in [4.69, 9.17) is 0 Å². The average Bonchev–Trinajstić information content (AvgIpc) is 2.96. The summed E-state index contributed by atoms with van der Waals surface area (Å²) >= 11 is 0. The van der Waals surface area contributed by atoms with E-state index in [1.807, 2.05) is 17.0 Å². The Labute approximate surface area is 164 Å². The van der Waals surface area contributed by atoms with Crippen LogP contribution in [0.1, 0.15) is 64.4 Å². The summed E-state index contributed by atoms with van der Waals surface area (Å²) < 4.78 is 27.2. The second-order valence-electron chi connectivity index (χ2n) is 7.34. The number of carbonyl (C=O) groups excluding carboxylic acids is 1. The first-order valence-corrected chi connectivity index (χ1v) is 11.8. The first-order chi connectivity index (χ1) is 13.0. The summed E-state index contributed by atoms with van der Waals surface area (Å²) in [5.74, 6) is 0.181. The Morgan fingerprint density at radius 3 is 2.04 bits per heavy atom. The highest BCUT2D eigenvalue weighted by molar-refractivity contribution is 7.89. The highest BCUT2D eigenvalue weighted by Gasteiger charge is 2.24. The summed E-state index contributed by atoms with van der Waals surface area (Å²) in [5, 5.41) is 0. The molecule has 5 nitrogen and oxygen atoms in total. The zero-order chi connectivity index (χ0) is 19.7. The van der Waals surface area contributed by atoms with E-state index in [1.165, 1.54) is 0 Å². The van der Waals surface area contributed by atoms with Crippen LogP contribution in [0.25, 0.3) is 0 Å². The molecule has 0 unspecified atom stereocenters. The van der Waals surface area contributed by atoms with Crippen LogP contribution in [0.3, 0.4) is 0 Å². The van der Waals surface area contributed by atoms with Crippen molar-refractivity contribution >= 4 is 15.9 Å². The molecule has 0 aromatic heterocycles. The van der Waals surface area contributed by atoms with Crippen molar-refractivity contribution in [2.45, 2.75) is 70.1 Å². The lowest BCUT2D eigenvalue weighted by molar-refractivity contribution is -0.131. The molecule has 0 saturated carbocycles. The van der Waals surface area contributed by atoms with Gasteiger partial charge in [0.1, 0.15) is 0 Å². The maximum absolute atomic E-state index is 12.8. The zero-order valence-corrected chi connectivity index (χ0v) is 17.6. The van der Waals surface area contributed by atoms with Gasteiger partial charge in [-0.2, -0.15) is 4.31 Å². The van der Waals surface area contributed by atoms with Gasteiger partial charge in [-0.3, -0.25) is 4.79 Å². The molecule has 0 spiro atoms. The Kier molecular flexibility index (Phi) is 8.77. The van der Waals surface area contributed by atoms with E-state index in [0.29, 0.717) is 30.8 Å². The van der Waals surface area contributed by atoms with Crippen LogP contribution in [0, 0.1) is 0 Å². The Morgan fingerprint density at radius 1 is 0.963 bits per heavy atom. The van der Waals surface area contributed by atoms with Gasteiger partial charge in [0, 0.05) is 32.6 Å². The normalized spacial score (nSPS) is 16.1. The summed E-state index contributed by atoms with van der Waals surface area (Å²) in [6.07, 6.45) is 7.13. The molecule has 0 aliphatic carbocycles. The van der Waals surface area contributed by atoms with E-state index >= 15 is 0 Å². The van der Waals surface area contributed by atoms with Gasteiger partial charge in [0.25, 0.3) is 0 Å². The van der Waals surface area contributed by atoms with Crippen molar-refractivity contribution in [3.8, 4) is 0 Å². The largest absolute Gasteiger partial charge is 0.343 e. The van der Waals surface area contributed by atoms with Gasteiger partial charge in [-0.25, -0.2) is 8.42 Å². The number of amides is 1. The molecule has 1 aromatic rings. The lowest BCUT2D eigenvalue weighted by Gasteiger charge is -2.21. The molecule has 27 heavy (non-hydrogen) atoms. The van der Waals surface area contributed by atoms with E-state index in [9.17, 15) is 13.2 Å². The van der Waals surface area contributed by atoms with Crippen molar-refractivity contribution in [1.82, 2.24) is 9.21 Å². The third kappa shape index (κ3) is 6.32. The fourth-order valence-electron chi connectivity index (χ4n) is 3.57. The SMILES string of the molecule is CCCN(CCC)C(=O)CCc1ccc(S(=O)(=O)N2CCCCCC2)cc1. The van der Waals surface area contributed by atoms with Crippen molar-refractivity contribution in [1.29, 1.82) is 0 Å². The first kappa shape index (κ1) is 21.9. The van der Waals surface area contributed by atoms with Crippen LogP contribution in [0.15, 0.2) is 29.2 Å². The maximum Gasteiger partial charge on any atom is 0.243 e. The van der Waals surface area contributed by atoms with Gasteiger partial charge in [-0.05, 0) is 49.8 Å². The van der Waals surface area contributed by atoms with Gasteiger partial charge < -0.3 is 4.90 Å². The number of aryl methyl sites for hydroxylation is 1.